The second-order valence-electron chi connectivity index (χ2n) is 8.35. The first-order valence-corrected chi connectivity index (χ1v) is 12.5. The molecule has 0 saturated carbocycles. The highest BCUT2D eigenvalue weighted by atomic mass is 32.1. The largest absolute Gasteiger partial charge is 0.378 e. The summed E-state index contributed by atoms with van der Waals surface area (Å²) in [5.41, 5.74) is 3.84. The highest BCUT2D eigenvalue weighted by molar-refractivity contribution is 7.15. The van der Waals surface area contributed by atoms with Crippen molar-refractivity contribution >= 4 is 27.9 Å². The molecule has 1 fully saturated rings. The number of nitrogens with one attached hydrogen (secondary N) is 1. The van der Waals surface area contributed by atoms with E-state index in [0.29, 0.717) is 31.8 Å². The van der Waals surface area contributed by atoms with Gasteiger partial charge in [0.1, 0.15) is 5.82 Å². The molecule has 0 spiro atoms. The molecule has 3 aromatic rings. The van der Waals surface area contributed by atoms with Crippen LogP contribution in [0.1, 0.15) is 35.9 Å². The van der Waals surface area contributed by atoms with Crippen LogP contribution in [0.4, 0.5) is 9.52 Å². The summed E-state index contributed by atoms with van der Waals surface area (Å²) in [6.45, 7) is 11.5. The van der Waals surface area contributed by atoms with Crippen molar-refractivity contribution in [2.75, 3.05) is 31.2 Å². The predicted octanol–water partition coefficient (Wildman–Crippen LogP) is 4.67. The number of halogens is 1. The monoisotopic (exact) mass is 495 g/mol. The number of carbonyl (C=O) groups excluding carboxylic acids is 1. The lowest BCUT2D eigenvalue weighted by atomic mass is 10.0. The number of aromatic nitrogens is 3. The maximum absolute atomic E-state index is 13.4. The maximum atomic E-state index is 13.4. The lowest BCUT2D eigenvalue weighted by molar-refractivity contribution is -0.115. The topological polar surface area (TPSA) is 72.3 Å². The third-order valence-corrected chi connectivity index (χ3v) is 7.01. The van der Waals surface area contributed by atoms with E-state index in [4.69, 9.17) is 4.74 Å². The summed E-state index contributed by atoms with van der Waals surface area (Å²) in [5, 5.41) is 8.46. The molecule has 0 bridgehead atoms. The minimum Gasteiger partial charge on any atom is -0.378 e. The number of morpholine rings is 1. The number of allylic oxidation sites excluding steroid dienone is 2. The van der Waals surface area contributed by atoms with Gasteiger partial charge in [-0.25, -0.2) is 14.1 Å². The van der Waals surface area contributed by atoms with Gasteiger partial charge in [-0.2, -0.15) is 5.10 Å². The number of thiazole rings is 1. The van der Waals surface area contributed by atoms with Gasteiger partial charge in [0.2, 0.25) is 0 Å². The highest BCUT2D eigenvalue weighted by Gasteiger charge is 2.19. The van der Waals surface area contributed by atoms with Crippen LogP contribution in [-0.2, 0) is 16.1 Å². The molecule has 35 heavy (non-hydrogen) atoms. The van der Waals surface area contributed by atoms with Crippen molar-refractivity contribution < 1.29 is 13.9 Å². The molecule has 1 N–H and O–H groups in total. The van der Waals surface area contributed by atoms with Crippen molar-refractivity contribution in [2.24, 2.45) is 0 Å². The molecule has 4 rings (SSSR count). The Bertz CT molecular complexity index is 1210. The van der Waals surface area contributed by atoms with Gasteiger partial charge in [-0.15, -0.1) is 11.3 Å². The van der Waals surface area contributed by atoms with E-state index in [2.05, 4.69) is 26.9 Å². The molecule has 3 heterocycles. The number of carbonyl (C=O) groups is 1. The normalized spacial score (nSPS) is 14.3. The number of benzene rings is 1. The van der Waals surface area contributed by atoms with Gasteiger partial charge in [-0.05, 0) is 44.0 Å². The Kier molecular flexibility index (Phi) is 8.09. The number of ether oxygens (including phenoxy) is 1. The summed E-state index contributed by atoms with van der Waals surface area (Å²) in [7, 11) is 0. The fourth-order valence-electron chi connectivity index (χ4n) is 3.77. The highest BCUT2D eigenvalue weighted by Crippen LogP contribution is 2.25. The van der Waals surface area contributed by atoms with E-state index in [-0.39, 0.29) is 11.7 Å². The van der Waals surface area contributed by atoms with Crippen molar-refractivity contribution in [1.29, 1.82) is 0 Å². The standard InChI is InChI=1S/C26H30FN5O2S/c1-4-18(2)5-10-23(24-17-30-32(19(24)3)21-8-6-20(27)7-9-21)25(33)28-15-22-16-29-26(35-22)31-11-13-34-14-12-31/h6-10,16-17H,2,4-5,11-15H2,1,3H3,(H,28,33). The molecule has 0 aliphatic carbocycles. The molecular formula is C26H30FN5O2S. The van der Waals surface area contributed by atoms with Crippen LogP contribution < -0.4 is 10.2 Å². The van der Waals surface area contributed by atoms with E-state index < -0.39 is 0 Å². The third kappa shape index (κ3) is 6.04. The molecule has 7 nitrogen and oxygen atoms in total. The zero-order valence-corrected chi connectivity index (χ0v) is 20.9. The molecule has 9 heteroatoms. The molecule has 184 valence electrons. The smallest absolute Gasteiger partial charge is 0.251 e. The first kappa shape index (κ1) is 24.8. The van der Waals surface area contributed by atoms with E-state index in [1.807, 2.05) is 26.1 Å². The number of hydrogen-bond donors (Lipinski definition) is 1. The summed E-state index contributed by atoms with van der Waals surface area (Å²) >= 11 is 1.58. The Morgan fingerprint density at radius 2 is 2.00 bits per heavy atom. The Balaban J connectivity index is 1.52. The van der Waals surface area contributed by atoms with Crippen LogP contribution in [-0.4, -0.2) is 47.0 Å². The fraction of sp³-hybridized carbons (Fsp3) is 0.346. The summed E-state index contributed by atoms with van der Waals surface area (Å²) < 4.78 is 20.5. The van der Waals surface area contributed by atoms with Crippen LogP contribution >= 0.6 is 11.3 Å². The first-order valence-electron chi connectivity index (χ1n) is 11.7. The van der Waals surface area contributed by atoms with Gasteiger partial charge < -0.3 is 15.0 Å². The molecule has 0 atom stereocenters. The quantitative estimate of drug-likeness (QED) is 0.345. The van der Waals surface area contributed by atoms with Crippen LogP contribution in [0.15, 0.2) is 54.9 Å². The summed E-state index contributed by atoms with van der Waals surface area (Å²) in [5.74, 6) is -0.492. The SMILES string of the molecule is C=C(CC)CC=C(C(=O)NCc1cnc(N2CCOCC2)s1)c1cnn(-c2ccc(F)cc2)c1C. The number of nitrogens with zero attached hydrogens (tertiary/aromatic N) is 4. The zero-order chi connectivity index (χ0) is 24.8. The molecule has 0 unspecified atom stereocenters. The number of amides is 1. The third-order valence-electron chi connectivity index (χ3n) is 5.96. The molecule has 1 amide bonds. The van der Waals surface area contributed by atoms with Gasteiger partial charge in [-0.3, -0.25) is 4.79 Å². The van der Waals surface area contributed by atoms with E-state index >= 15 is 0 Å². The lowest BCUT2D eigenvalue weighted by Gasteiger charge is -2.25. The maximum Gasteiger partial charge on any atom is 0.251 e. The van der Waals surface area contributed by atoms with Gasteiger partial charge in [-0.1, -0.05) is 25.2 Å². The minimum atomic E-state index is -0.309. The fourth-order valence-corrected chi connectivity index (χ4v) is 4.68. The second-order valence-corrected chi connectivity index (χ2v) is 9.44. The van der Waals surface area contributed by atoms with Crippen LogP contribution in [0, 0.1) is 12.7 Å². The minimum absolute atomic E-state index is 0.183. The van der Waals surface area contributed by atoms with E-state index in [9.17, 15) is 9.18 Å². The first-order chi connectivity index (χ1) is 17.0. The molecule has 0 radical (unpaired) electrons. The Hall–Kier alpha value is -3.30. The van der Waals surface area contributed by atoms with Crippen LogP contribution in [0.3, 0.4) is 0 Å². The summed E-state index contributed by atoms with van der Waals surface area (Å²) in [6, 6.07) is 6.12. The van der Waals surface area contributed by atoms with Gasteiger partial charge in [0.25, 0.3) is 5.91 Å². The average molecular weight is 496 g/mol. The molecule has 1 aromatic carbocycles. The lowest BCUT2D eigenvalue weighted by Crippen LogP contribution is -2.36. The molecule has 1 aliphatic heterocycles. The van der Waals surface area contributed by atoms with Gasteiger partial charge in [0, 0.05) is 41.0 Å². The van der Waals surface area contributed by atoms with Gasteiger partial charge >= 0.3 is 0 Å². The molecule has 1 saturated heterocycles. The van der Waals surface area contributed by atoms with Gasteiger partial charge in [0.05, 0.1) is 31.6 Å². The van der Waals surface area contributed by atoms with Crippen LogP contribution in [0.25, 0.3) is 11.3 Å². The summed E-state index contributed by atoms with van der Waals surface area (Å²) in [6.07, 6.45) is 6.84. The molecular weight excluding hydrogens is 465 g/mol. The van der Waals surface area contributed by atoms with Crippen molar-refractivity contribution in [2.45, 2.75) is 33.2 Å². The van der Waals surface area contributed by atoms with Crippen LogP contribution in [0.5, 0.6) is 0 Å². The van der Waals surface area contributed by atoms with E-state index in [1.54, 1.807) is 34.3 Å². The van der Waals surface area contributed by atoms with Crippen LogP contribution in [0.2, 0.25) is 0 Å². The average Bonchev–Trinajstić information content (AvgIpc) is 3.51. The number of anilines is 1. The Morgan fingerprint density at radius 1 is 1.26 bits per heavy atom. The van der Waals surface area contributed by atoms with Crippen molar-refractivity contribution in [3.8, 4) is 5.69 Å². The Labute approximate surface area is 208 Å². The number of rotatable bonds is 9. The molecule has 2 aromatic heterocycles. The predicted molar refractivity (Wildman–Crippen MR) is 137 cm³/mol. The molecule has 1 aliphatic rings. The summed E-state index contributed by atoms with van der Waals surface area (Å²) in [4.78, 5) is 21.0. The van der Waals surface area contributed by atoms with E-state index in [0.717, 1.165) is 52.0 Å². The van der Waals surface area contributed by atoms with Crippen molar-refractivity contribution in [3.63, 3.8) is 0 Å². The van der Waals surface area contributed by atoms with Crippen molar-refractivity contribution in [1.82, 2.24) is 20.1 Å². The second kappa shape index (κ2) is 11.4. The van der Waals surface area contributed by atoms with E-state index in [1.165, 1.54) is 12.1 Å². The van der Waals surface area contributed by atoms with Gasteiger partial charge in [0.15, 0.2) is 5.13 Å². The van der Waals surface area contributed by atoms with Crippen molar-refractivity contribution in [3.05, 3.63) is 76.8 Å². The Morgan fingerprint density at radius 3 is 2.71 bits per heavy atom. The zero-order valence-electron chi connectivity index (χ0n) is 20.1. The number of hydrogen-bond acceptors (Lipinski definition) is 6.